The zero-order chi connectivity index (χ0) is 42.8. The van der Waals surface area contributed by atoms with Crippen LogP contribution in [0.1, 0.15) is 22.3 Å². The van der Waals surface area contributed by atoms with Crippen LogP contribution >= 0.6 is 0 Å². The Labute approximate surface area is 371 Å². The van der Waals surface area contributed by atoms with Gasteiger partial charge in [-0.15, -0.1) is 0 Å². The molecule has 9 aromatic carbocycles. The fourth-order valence-electron chi connectivity index (χ4n) is 8.24. The summed E-state index contributed by atoms with van der Waals surface area (Å²) in [5.74, 6) is 0. The maximum atomic E-state index is 3.82. The molecule has 1 aliphatic rings. The fourth-order valence-corrected chi connectivity index (χ4v) is 8.24. The number of nitrogens with zero attached hydrogens (tertiary/aromatic N) is 3. The molecule has 304 valence electrons. The number of anilines is 6. The van der Waals surface area contributed by atoms with Crippen LogP contribution in [0.3, 0.4) is 0 Å². The lowest BCUT2D eigenvalue weighted by atomic mass is 9.88. The average Bonchev–Trinajstić information content (AvgIpc) is 3.69. The Bertz CT molecular complexity index is 2930. The van der Waals surface area contributed by atoms with Crippen LogP contribution in [0.2, 0.25) is 0 Å². The molecular weight excluding hydrogens is 763 g/mol. The molecule has 0 bridgehead atoms. The number of benzene rings is 9. The molecule has 0 N–H and O–H groups in total. The third kappa shape index (κ3) is 8.86. The topological polar surface area (TPSA) is 11.4 Å². The number of para-hydroxylation sites is 6. The van der Waals surface area contributed by atoms with Crippen molar-refractivity contribution >= 4 is 68.1 Å². The van der Waals surface area contributed by atoms with Gasteiger partial charge in [0.05, 0.1) is 11.0 Å². The van der Waals surface area contributed by atoms with Gasteiger partial charge < -0.3 is 14.4 Å². The van der Waals surface area contributed by atoms with Crippen LogP contribution in [0.15, 0.2) is 250 Å². The van der Waals surface area contributed by atoms with Crippen molar-refractivity contribution in [2.45, 2.75) is 12.8 Å². The van der Waals surface area contributed by atoms with E-state index in [1.807, 2.05) is 24.3 Å². The first-order valence-electron chi connectivity index (χ1n) is 21.5. The van der Waals surface area contributed by atoms with E-state index in [9.17, 15) is 0 Å². The smallest absolute Gasteiger partial charge is 0.0541 e. The predicted molar refractivity (Wildman–Crippen MR) is 271 cm³/mol. The van der Waals surface area contributed by atoms with Gasteiger partial charge in [0.2, 0.25) is 0 Å². The van der Waals surface area contributed by atoms with E-state index in [4.69, 9.17) is 0 Å². The molecule has 3 nitrogen and oxygen atoms in total. The summed E-state index contributed by atoms with van der Waals surface area (Å²) in [6.45, 7) is 7.62. The van der Waals surface area contributed by atoms with Crippen molar-refractivity contribution in [3.63, 3.8) is 0 Å². The van der Waals surface area contributed by atoms with Crippen molar-refractivity contribution < 1.29 is 0 Å². The van der Waals surface area contributed by atoms with E-state index in [0.29, 0.717) is 0 Å². The van der Waals surface area contributed by atoms with Gasteiger partial charge >= 0.3 is 0 Å². The highest BCUT2D eigenvalue weighted by Gasteiger charge is 2.18. The highest BCUT2D eigenvalue weighted by molar-refractivity contribution is 6.09. The van der Waals surface area contributed by atoms with Crippen molar-refractivity contribution in [2.75, 3.05) is 9.80 Å². The Morgan fingerprint density at radius 2 is 0.683 bits per heavy atom. The summed E-state index contributed by atoms with van der Waals surface area (Å²) >= 11 is 0. The van der Waals surface area contributed by atoms with Gasteiger partial charge in [-0.05, 0) is 132 Å². The van der Waals surface area contributed by atoms with Gasteiger partial charge in [-0.2, -0.15) is 0 Å². The first-order valence-corrected chi connectivity index (χ1v) is 21.5. The molecule has 0 saturated heterocycles. The number of hydrogen-bond acceptors (Lipinski definition) is 2. The van der Waals surface area contributed by atoms with Crippen LogP contribution in [0.5, 0.6) is 0 Å². The van der Waals surface area contributed by atoms with Crippen LogP contribution < -0.4 is 9.80 Å². The zero-order valence-corrected chi connectivity index (χ0v) is 35.3. The molecule has 10 aromatic rings. The molecule has 1 aromatic heterocycles. The Balaban J connectivity index is 0.000000120. The second kappa shape index (κ2) is 19.1. The molecule has 1 heterocycles. The largest absolute Gasteiger partial charge is 0.311 e. The third-order valence-corrected chi connectivity index (χ3v) is 11.5. The summed E-state index contributed by atoms with van der Waals surface area (Å²) in [5, 5.41) is 2.58. The molecule has 0 unspecified atom stereocenters. The minimum absolute atomic E-state index is 1.12. The maximum absolute atomic E-state index is 3.82. The van der Waals surface area contributed by atoms with Crippen molar-refractivity contribution in [3.8, 4) is 5.69 Å². The highest BCUT2D eigenvalue weighted by Crippen LogP contribution is 2.38. The number of rotatable bonds is 9. The molecule has 0 spiro atoms. The molecule has 1 aliphatic carbocycles. The lowest BCUT2D eigenvalue weighted by molar-refractivity contribution is 0.839. The van der Waals surface area contributed by atoms with Crippen LogP contribution in [-0.4, -0.2) is 4.57 Å². The predicted octanol–water partition coefficient (Wildman–Crippen LogP) is 16.5. The lowest BCUT2D eigenvalue weighted by Crippen LogP contribution is -2.13. The van der Waals surface area contributed by atoms with Crippen molar-refractivity contribution in [1.29, 1.82) is 0 Å². The number of aryl methyl sites for hydroxylation is 2. The molecule has 11 rings (SSSR count). The highest BCUT2D eigenvalue weighted by atomic mass is 15.1. The van der Waals surface area contributed by atoms with Gasteiger partial charge in [-0.25, -0.2) is 0 Å². The van der Waals surface area contributed by atoms with Crippen LogP contribution in [0, 0.1) is 0 Å². The molecular formula is C60H49N3. The van der Waals surface area contributed by atoms with Gasteiger partial charge in [0, 0.05) is 50.6 Å². The Hall–Kier alpha value is -8.14. The summed E-state index contributed by atoms with van der Waals surface area (Å²) in [7, 11) is 0. The molecule has 0 amide bonds. The van der Waals surface area contributed by atoms with E-state index in [2.05, 4.69) is 252 Å². The van der Waals surface area contributed by atoms with Gasteiger partial charge in [-0.3, -0.25) is 0 Å². The molecule has 3 heteroatoms. The summed E-state index contributed by atoms with van der Waals surface area (Å²) < 4.78 is 2.32. The number of aromatic nitrogens is 1. The lowest BCUT2D eigenvalue weighted by Gasteiger charge is -2.28. The normalized spacial score (nSPS) is 11.2. The summed E-state index contributed by atoms with van der Waals surface area (Å²) in [6.07, 6.45) is 6.17. The van der Waals surface area contributed by atoms with Crippen LogP contribution in [0.25, 0.3) is 39.6 Å². The fraction of sp³-hybridized carbons (Fsp3) is 0.0333. The standard InChI is InChI=1S/C20H17N.C20H15N.C20H17N/c1-3-7-18(8-4-1)21(19-9-5-2-6-10-19)20-14-13-16-11-12-17(16)15-20;1-2-15-11-13-16(14-12-15)21-19-9-5-3-7-17(19)18-8-4-6-10-20(18)21;1-2-17-13-15-20(16-14-17)21(18-9-5-3-6-10-18)19-11-7-4-8-12-19/h1-10,13-15H,11-12H2;2-14H,1H2;2-16H,1H2. The molecule has 0 fully saturated rings. The number of fused-ring (bicyclic) bond motifs is 4. The van der Waals surface area contributed by atoms with E-state index in [1.165, 1.54) is 68.5 Å². The zero-order valence-electron chi connectivity index (χ0n) is 35.3. The molecule has 0 saturated carbocycles. The van der Waals surface area contributed by atoms with E-state index in [0.717, 1.165) is 28.2 Å². The van der Waals surface area contributed by atoms with Gasteiger partial charge in [-0.1, -0.05) is 165 Å². The summed E-state index contributed by atoms with van der Waals surface area (Å²) in [6, 6.07) is 82.8. The van der Waals surface area contributed by atoms with Gasteiger partial charge in [0.25, 0.3) is 0 Å². The van der Waals surface area contributed by atoms with E-state index >= 15 is 0 Å². The first-order chi connectivity index (χ1) is 31.2. The maximum Gasteiger partial charge on any atom is 0.0541 e. The van der Waals surface area contributed by atoms with Crippen LogP contribution in [0.4, 0.5) is 34.1 Å². The second-order valence-electron chi connectivity index (χ2n) is 15.4. The summed E-state index contributed by atoms with van der Waals surface area (Å²) in [4.78, 5) is 4.56. The SMILES string of the molecule is C=Cc1ccc(-n2c3ccccc3c3ccccc32)cc1.C=Cc1ccc(N(c2ccccc2)c2ccccc2)cc1.c1ccc(N(c2ccccc2)c2ccc3c(c2)CC3)cc1. The van der Waals surface area contributed by atoms with Gasteiger partial charge in [0.1, 0.15) is 0 Å². The monoisotopic (exact) mass is 811 g/mol. The van der Waals surface area contributed by atoms with E-state index < -0.39 is 0 Å². The third-order valence-electron chi connectivity index (χ3n) is 11.5. The average molecular weight is 812 g/mol. The van der Waals surface area contributed by atoms with Crippen LogP contribution in [-0.2, 0) is 12.8 Å². The quantitative estimate of drug-likeness (QED) is 0.144. The molecule has 0 atom stereocenters. The minimum Gasteiger partial charge on any atom is -0.311 e. The molecule has 63 heavy (non-hydrogen) atoms. The summed E-state index contributed by atoms with van der Waals surface area (Å²) in [5.41, 5.74) is 16.0. The van der Waals surface area contributed by atoms with Crippen molar-refractivity contribution in [2.24, 2.45) is 0 Å². The second-order valence-corrected chi connectivity index (χ2v) is 15.4. The Morgan fingerprint density at radius 1 is 0.333 bits per heavy atom. The van der Waals surface area contributed by atoms with E-state index in [1.54, 1.807) is 0 Å². The van der Waals surface area contributed by atoms with Crippen molar-refractivity contribution in [1.82, 2.24) is 4.57 Å². The van der Waals surface area contributed by atoms with E-state index in [-0.39, 0.29) is 0 Å². The van der Waals surface area contributed by atoms with Crippen molar-refractivity contribution in [3.05, 3.63) is 272 Å². The first kappa shape index (κ1) is 40.3. The van der Waals surface area contributed by atoms with Gasteiger partial charge in [0.15, 0.2) is 0 Å². The number of hydrogen-bond donors (Lipinski definition) is 0. The Kier molecular flexibility index (Phi) is 12.2. The molecule has 0 radical (unpaired) electrons. The minimum atomic E-state index is 1.12. The Morgan fingerprint density at radius 3 is 1.08 bits per heavy atom. The molecule has 0 aliphatic heterocycles.